The van der Waals surface area contributed by atoms with Crippen molar-refractivity contribution in [3.05, 3.63) is 41.1 Å². The number of ether oxygens (including phenoxy) is 2. The van der Waals surface area contributed by atoms with Crippen molar-refractivity contribution in [1.29, 1.82) is 0 Å². The van der Waals surface area contributed by atoms with Crippen molar-refractivity contribution in [3.63, 3.8) is 0 Å². The number of rotatable bonds is 12. The number of anilines is 2. The lowest BCUT2D eigenvalue weighted by Crippen LogP contribution is -2.14. The summed E-state index contributed by atoms with van der Waals surface area (Å²) in [6.45, 7) is 5.14. The Kier molecular flexibility index (Phi) is 9.21. The first kappa shape index (κ1) is 22.5. The largest absolute Gasteiger partial charge is 0.497 e. The van der Waals surface area contributed by atoms with Crippen LogP contribution in [0, 0.1) is 0 Å². The van der Waals surface area contributed by atoms with E-state index in [9.17, 15) is 4.79 Å². The van der Waals surface area contributed by atoms with E-state index in [0.717, 1.165) is 55.1 Å². The fraction of sp³-hybridized carbons (Fsp3) is 0.500. The van der Waals surface area contributed by atoms with Crippen LogP contribution in [0.3, 0.4) is 0 Å². The standard InChI is InChI=1S/C22H32N4O3/c1-4-6-15-24-21-18(12-9-16-7-10-17(28-3)11-8-16)19(25-22(23)26-21)13-14-20(27)29-5-2/h7-8,10-11H,4-6,9,12-15H2,1-3H3,(H3,23,24,25,26). The molecule has 158 valence electrons. The third-order valence-electron chi connectivity index (χ3n) is 4.63. The molecule has 0 aliphatic carbocycles. The van der Waals surface area contributed by atoms with E-state index in [2.05, 4.69) is 34.3 Å². The van der Waals surface area contributed by atoms with Gasteiger partial charge < -0.3 is 20.5 Å². The number of benzene rings is 1. The zero-order valence-corrected chi connectivity index (χ0v) is 17.7. The van der Waals surface area contributed by atoms with Crippen molar-refractivity contribution in [2.24, 2.45) is 0 Å². The first-order valence-corrected chi connectivity index (χ1v) is 10.2. The van der Waals surface area contributed by atoms with Crippen LogP contribution < -0.4 is 15.8 Å². The molecule has 0 bridgehead atoms. The molecule has 0 unspecified atom stereocenters. The van der Waals surface area contributed by atoms with Gasteiger partial charge in [0.05, 0.1) is 25.8 Å². The minimum atomic E-state index is -0.230. The van der Waals surface area contributed by atoms with Gasteiger partial charge in [0.2, 0.25) is 5.95 Å². The summed E-state index contributed by atoms with van der Waals surface area (Å²) in [6, 6.07) is 8.02. The molecular weight excluding hydrogens is 368 g/mol. The second-order valence-corrected chi connectivity index (χ2v) is 6.79. The average molecular weight is 401 g/mol. The van der Waals surface area contributed by atoms with Crippen molar-refractivity contribution >= 4 is 17.7 Å². The number of aryl methyl sites for hydroxylation is 2. The smallest absolute Gasteiger partial charge is 0.306 e. The van der Waals surface area contributed by atoms with Gasteiger partial charge in [-0.05, 0) is 43.9 Å². The van der Waals surface area contributed by atoms with Crippen LogP contribution in [-0.2, 0) is 28.8 Å². The molecule has 29 heavy (non-hydrogen) atoms. The minimum absolute atomic E-state index is 0.219. The number of nitrogens with one attached hydrogen (secondary N) is 1. The number of carbonyl (C=O) groups excluding carboxylic acids is 1. The molecule has 0 saturated heterocycles. The Bertz CT molecular complexity index is 778. The number of hydrogen-bond acceptors (Lipinski definition) is 7. The number of nitrogens with two attached hydrogens (primary N) is 1. The third-order valence-corrected chi connectivity index (χ3v) is 4.63. The van der Waals surface area contributed by atoms with E-state index in [-0.39, 0.29) is 18.3 Å². The van der Waals surface area contributed by atoms with Gasteiger partial charge in [0.1, 0.15) is 11.6 Å². The summed E-state index contributed by atoms with van der Waals surface area (Å²) in [5.74, 6) is 1.59. The van der Waals surface area contributed by atoms with E-state index >= 15 is 0 Å². The van der Waals surface area contributed by atoms with Gasteiger partial charge in [0.15, 0.2) is 0 Å². The summed E-state index contributed by atoms with van der Waals surface area (Å²) in [5.41, 5.74) is 8.95. The molecule has 1 aromatic carbocycles. The summed E-state index contributed by atoms with van der Waals surface area (Å²) < 4.78 is 10.3. The maximum absolute atomic E-state index is 11.8. The Labute approximate surface area is 173 Å². The number of nitrogen functional groups attached to an aromatic ring is 1. The van der Waals surface area contributed by atoms with E-state index in [1.54, 1.807) is 14.0 Å². The van der Waals surface area contributed by atoms with Crippen molar-refractivity contribution in [3.8, 4) is 5.75 Å². The molecule has 0 spiro atoms. The van der Waals surface area contributed by atoms with E-state index in [4.69, 9.17) is 15.2 Å². The van der Waals surface area contributed by atoms with Crippen LogP contribution in [0.4, 0.5) is 11.8 Å². The van der Waals surface area contributed by atoms with Crippen LogP contribution in [0.2, 0.25) is 0 Å². The fourth-order valence-electron chi connectivity index (χ4n) is 3.06. The summed E-state index contributed by atoms with van der Waals surface area (Å²) >= 11 is 0. The lowest BCUT2D eigenvalue weighted by Gasteiger charge is -2.16. The number of esters is 1. The molecule has 1 aromatic heterocycles. The molecule has 0 aliphatic rings. The lowest BCUT2D eigenvalue weighted by atomic mass is 10.0. The monoisotopic (exact) mass is 400 g/mol. The Morgan fingerprint density at radius 2 is 1.86 bits per heavy atom. The molecule has 0 radical (unpaired) electrons. The zero-order valence-electron chi connectivity index (χ0n) is 17.7. The van der Waals surface area contributed by atoms with E-state index in [1.165, 1.54) is 5.56 Å². The Morgan fingerprint density at radius 3 is 2.52 bits per heavy atom. The van der Waals surface area contributed by atoms with Gasteiger partial charge in [-0.2, -0.15) is 4.98 Å². The fourth-order valence-corrected chi connectivity index (χ4v) is 3.06. The van der Waals surface area contributed by atoms with Crippen LogP contribution in [0.15, 0.2) is 24.3 Å². The maximum Gasteiger partial charge on any atom is 0.306 e. The summed E-state index contributed by atoms with van der Waals surface area (Å²) in [7, 11) is 1.66. The highest BCUT2D eigenvalue weighted by molar-refractivity contribution is 5.69. The van der Waals surface area contributed by atoms with Crippen molar-refractivity contribution < 1.29 is 14.3 Å². The zero-order chi connectivity index (χ0) is 21.1. The third kappa shape index (κ3) is 7.25. The molecule has 2 rings (SSSR count). The number of methoxy groups -OCH3 is 1. The highest BCUT2D eigenvalue weighted by Gasteiger charge is 2.15. The van der Waals surface area contributed by atoms with E-state index < -0.39 is 0 Å². The normalized spacial score (nSPS) is 10.6. The van der Waals surface area contributed by atoms with Gasteiger partial charge in [-0.25, -0.2) is 4.98 Å². The summed E-state index contributed by atoms with van der Waals surface area (Å²) in [6.07, 6.45) is 4.45. The van der Waals surface area contributed by atoms with Gasteiger partial charge in [-0.1, -0.05) is 25.5 Å². The van der Waals surface area contributed by atoms with Crippen molar-refractivity contribution in [2.75, 3.05) is 31.3 Å². The molecule has 0 amide bonds. The first-order valence-electron chi connectivity index (χ1n) is 10.2. The quantitative estimate of drug-likeness (QED) is 0.415. The molecular formula is C22H32N4O3. The van der Waals surface area contributed by atoms with Crippen molar-refractivity contribution in [2.45, 2.75) is 52.4 Å². The maximum atomic E-state index is 11.8. The van der Waals surface area contributed by atoms with E-state index in [0.29, 0.717) is 13.0 Å². The molecule has 0 fully saturated rings. The highest BCUT2D eigenvalue weighted by Crippen LogP contribution is 2.23. The highest BCUT2D eigenvalue weighted by atomic mass is 16.5. The van der Waals surface area contributed by atoms with Gasteiger partial charge in [-0.15, -0.1) is 0 Å². The molecule has 7 nitrogen and oxygen atoms in total. The Morgan fingerprint density at radius 1 is 1.10 bits per heavy atom. The second kappa shape index (κ2) is 11.9. The predicted molar refractivity (Wildman–Crippen MR) is 115 cm³/mol. The number of nitrogens with zero attached hydrogens (tertiary/aromatic N) is 2. The van der Waals surface area contributed by atoms with E-state index in [1.807, 2.05) is 12.1 Å². The molecule has 1 heterocycles. The lowest BCUT2D eigenvalue weighted by molar-refractivity contribution is -0.143. The second-order valence-electron chi connectivity index (χ2n) is 6.79. The number of carbonyl (C=O) groups is 1. The SMILES string of the molecule is CCCCNc1nc(N)nc(CCC(=O)OCC)c1CCc1ccc(OC)cc1. The average Bonchev–Trinajstić information content (AvgIpc) is 2.72. The van der Waals surface area contributed by atoms with Crippen LogP contribution in [0.5, 0.6) is 5.75 Å². The Hall–Kier alpha value is -2.83. The summed E-state index contributed by atoms with van der Waals surface area (Å²) in [5, 5.41) is 3.40. The van der Waals surface area contributed by atoms with Crippen LogP contribution >= 0.6 is 0 Å². The minimum Gasteiger partial charge on any atom is -0.497 e. The molecule has 0 atom stereocenters. The first-order chi connectivity index (χ1) is 14.1. The van der Waals surface area contributed by atoms with Crippen molar-refractivity contribution in [1.82, 2.24) is 9.97 Å². The molecule has 0 saturated carbocycles. The Balaban J connectivity index is 2.21. The van der Waals surface area contributed by atoms with Crippen LogP contribution in [-0.4, -0.2) is 36.2 Å². The van der Waals surface area contributed by atoms with Gasteiger partial charge in [0.25, 0.3) is 0 Å². The van der Waals surface area contributed by atoms with Crippen LogP contribution in [0.25, 0.3) is 0 Å². The molecule has 2 aromatic rings. The number of unbranched alkanes of at least 4 members (excludes halogenated alkanes) is 1. The molecule has 3 N–H and O–H groups in total. The van der Waals surface area contributed by atoms with Gasteiger partial charge in [-0.3, -0.25) is 4.79 Å². The predicted octanol–water partition coefficient (Wildman–Crippen LogP) is 3.56. The topological polar surface area (TPSA) is 99.4 Å². The molecule has 7 heteroatoms. The number of aromatic nitrogens is 2. The molecule has 0 aliphatic heterocycles. The van der Waals surface area contributed by atoms with Gasteiger partial charge >= 0.3 is 5.97 Å². The number of hydrogen-bond donors (Lipinski definition) is 2. The van der Waals surface area contributed by atoms with Gasteiger partial charge in [0, 0.05) is 18.5 Å². The van der Waals surface area contributed by atoms with Crippen LogP contribution in [0.1, 0.15) is 49.9 Å². The summed E-state index contributed by atoms with van der Waals surface area (Å²) in [4.78, 5) is 20.7.